The lowest BCUT2D eigenvalue weighted by Crippen LogP contribution is -2.56. The summed E-state index contributed by atoms with van der Waals surface area (Å²) in [5.74, 6) is -0.684. The number of anilines is 2. The number of hydrogen-bond acceptors (Lipinski definition) is 5. The Bertz CT molecular complexity index is 792. The average Bonchev–Trinajstić information content (AvgIpc) is 2.54. The zero-order valence-electron chi connectivity index (χ0n) is 16.0. The molecular formula is C17H28ClN4O4S+. The first-order valence-corrected chi connectivity index (χ1v) is 10.9. The van der Waals surface area contributed by atoms with Gasteiger partial charge in [0, 0.05) is 32.5 Å². The Morgan fingerprint density at radius 1 is 1.30 bits per heavy atom. The minimum Gasteiger partial charge on any atom is -0.506 e. The highest BCUT2D eigenvalue weighted by molar-refractivity contribution is 7.92. The number of nitrogens with one attached hydrogen (secondary N) is 2. The van der Waals surface area contributed by atoms with Gasteiger partial charge in [-0.25, -0.2) is 8.42 Å². The highest BCUT2D eigenvalue weighted by atomic mass is 35.5. The molecule has 1 aromatic rings. The number of amides is 1. The minimum atomic E-state index is -3.62. The quantitative estimate of drug-likeness (QED) is 0.460. The molecule has 152 valence electrons. The Morgan fingerprint density at radius 2 is 1.93 bits per heavy atom. The maximum atomic E-state index is 12.4. The number of piperazine rings is 1. The van der Waals surface area contributed by atoms with E-state index in [1.165, 1.54) is 19.1 Å². The first kappa shape index (κ1) is 21.7. The minimum absolute atomic E-state index is 0.00547. The van der Waals surface area contributed by atoms with Crippen molar-refractivity contribution in [2.75, 3.05) is 62.6 Å². The largest absolute Gasteiger partial charge is 0.506 e. The summed E-state index contributed by atoms with van der Waals surface area (Å²) in [4.78, 5) is 13.4. The van der Waals surface area contributed by atoms with Crippen LogP contribution in [0.15, 0.2) is 12.1 Å². The van der Waals surface area contributed by atoms with Crippen molar-refractivity contribution in [3.8, 4) is 5.75 Å². The second-order valence-electron chi connectivity index (χ2n) is 7.40. The number of phenols is 1. The molecule has 1 fully saturated rings. The number of benzene rings is 1. The van der Waals surface area contributed by atoms with E-state index in [0.29, 0.717) is 6.42 Å². The monoisotopic (exact) mass is 419 g/mol. The van der Waals surface area contributed by atoms with E-state index in [0.717, 1.165) is 37.2 Å². The van der Waals surface area contributed by atoms with Gasteiger partial charge in [-0.1, -0.05) is 11.6 Å². The molecule has 1 amide bonds. The predicted octanol–water partition coefficient (Wildman–Crippen LogP) is 1.53. The van der Waals surface area contributed by atoms with Crippen molar-refractivity contribution in [1.29, 1.82) is 0 Å². The highest BCUT2D eigenvalue weighted by Gasteiger charge is 2.27. The van der Waals surface area contributed by atoms with Crippen LogP contribution in [0.4, 0.5) is 11.4 Å². The van der Waals surface area contributed by atoms with Gasteiger partial charge in [-0.3, -0.25) is 14.4 Å². The van der Waals surface area contributed by atoms with Gasteiger partial charge < -0.3 is 14.9 Å². The molecule has 0 aromatic heterocycles. The van der Waals surface area contributed by atoms with Gasteiger partial charge in [0.05, 0.1) is 48.8 Å². The molecular weight excluding hydrogens is 392 g/mol. The zero-order chi connectivity index (χ0) is 20.2. The lowest BCUT2D eigenvalue weighted by molar-refractivity contribution is -0.913. The van der Waals surface area contributed by atoms with E-state index in [-0.39, 0.29) is 33.8 Å². The van der Waals surface area contributed by atoms with Crippen molar-refractivity contribution in [3.63, 3.8) is 0 Å². The van der Waals surface area contributed by atoms with Crippen LogP contribution in [-0.2, 0) is 14.8 Å². The third-order valence-electron chi connectivity index (χ3n) is 4.82. The summed E-state index contributed by atoms with van der Waals surface area (Å²) in [7, 11) is 0.618. The fourth-order valence-electron chi connectivity index (χ4n) is 3.06. The molecule has 0 bridgehead atoms. The lowest BCUT2D eigenvalue weighted by Gasteiger charge is -2.41. The van der Waals surface area contributed by atoms with E-state index in [1.54, 1.807) is 0 Å². The molecule has 2 rings (SSSR count). The Morgan fingerprint density at radius 3 is 2.52 bits per heavy atom. The van der Waals surface area contributed by atoms with Crippen molar-refractivity contribution in [2.45, 2.75) is 13.3 Å². The van der Waals surface area contributed by atoms with E-state index in [4.69, 9.17) is 11.6 Å². The summed E-state index contributed by atoms with van der Waals surface area (Å²) in [5, 5.41) is 12.6. The third kappa shape index (κ3) is 6.53. The van der Waals surface area contributed by atoms with Gasteiger partial charge in [0.2, 0.25) is 15.9 Å². The van der Waals surface area contributed by atoms with Crippen LogP contribution in [-0.4, -0.2) is 81.4 Å². The molecule has 1 aliphatic heterocycles. The zero-order valence-corrected chi connectivity index (χ0v) is 17.5. The molecule has 0 saturated carbocycles. The lowest BCUT2D eigenvalue weighted by atomic mass is 10.2. The summed E-state index contributed by atoms with van der Waals surface area (Å²) in [6.07, 6.45) is 0.522. The van der Waals surface area contributed by atoms with Crippen molar-refractivity contribution in [2.24, 2.45) is 0 Å². The molecule has 0 radical (unpaired) electrons. The van der Waals surface area contributed by atoms with E-state index in [1.807, 2.05) is 0 Å². The first-order chi connectivity index (χ1) is 12.5. The summed E-state index contributed by atoms with van der Waals surface area (Å²) in [6, 6.07) is 2.51. The fourth-order valence-corrected chi connectivity index (χ4v) is 4.38. The van der Waals surface area contributed by atoms with Gasteiger partial charge in [0.15, 0.2) is 0 Å². The number of sulfonamides is 1. The predicted molar refractivity (Wildman–Crippen MR) is 108 cm³/mol. The van der Waals surface area contributed by atoms with Crippen LogP contribution < -0.4 is 10.0 Å². The standard InChI is InChI=1S/C17H27ClN4O4S/c1-13(23)19-15-12-17(24)16(11-14(15)18)20-27(25,26)10-4-7-22(3)8-5-21(2)6-9-22/h11-12,20H,4-10H2,1-3H3,(H-,19,23,24)/p+1. The number of quaternary nitrogens is 1. The van der Waals surface area contributed by atoms with Gasteiger partial charge >= 0.3 is 0 Å². The number of halogens is 1. The number of carbonyl (C=O) groups is 1. The number of likely N-dealkylation sites (N-methyl/N-ethyl adjacent to an activating group) is 2. The van der Waals surface area contributed by atoms with E-state index < -0.39 is 10.0 Å². The number of rotatable bonds is 7. The Hall–Kier alpha value is -1.55. The van der Waals surface area contributed by atoms with Gasteiger partial charge in [-0.05, 0) is 13.1 Å². The van der Waals surface area contributed by atoms with Crippen molar-refractivity contribution in [1.82, 2.24) is 4.90 Å². The molecule has 0 spiro atoms. The average molecular weight is 420 g/mol. The van der Waals surface area contributed by atoms with Crippen LogP contribution in [0.25, 0.3) is 0 Å². The van der Waals surface area contributed by atoms with Gasteiger partial charge in [-0.2, -0.15) is 0 Å². The molecule has 1 heterocycles. The topological polar surface area (TPSA) is 98.7 Å². The van der Waals surface area contributed by atoms with E-state index in [2.05, 4.69) is 29.0 Å². The maximum Gasteiger partial charge on any atom is 0.233 e. The molecule has 10 heteroatoms. The van der Waals surface area contributed by atoms with Crippen LogP contribution >= 0.6 is 11.6 Å². The van der Waals surface area contributed by atoms with E-state index in [9.17, 15) is 18.3 Å². The Labute approximate surface area is 165 Å². The van der Waals surface area contributed by atoms with Crippen molar-refractivity contribution in [3.05, 3.63) is 17.2 Å². The van der Waals surface area contributed by atoms with Crippen LogP contribution in [0.3, 0.4) is 0 Å². The highest BCUT2D eigenvalue weighted by Crippen LogP contribution is 2.34. The Kier molecular flexibility index (Phi) is 6.96. The summed E-state index contributed by atoms with van der Waals surface area (Å²) in [5.41, 5.74) is 0.214. The molecule has 0 aliphatic carbocycles. The molecule has 1 saturated heterocycles. The number of nitrogens with zero attached hydrogens (tertiary/aromatic N) is 2. The normalized spacial score (nSPS) is 17.5. The molecule has 1 aliphatic rings. The molecule has 8 nitrogen and oxygen atoms in total. The molecule has 3 N–H and O–H groups in total. The van der Waals surface area contributed by atoms with Gasteiger partial charge in [-0.15, -0.1) is 0 Å². The molecule has 1 aromatic carbocycles. The molecule has 27 heavy (non-hydrogen) atoms. The Balaban J connectivity index is 1.96. The van der Waals surface area contributed by atoms with Crippen molar-refractivity contribution >= 4 is 38.9 Å². The molecule has 0 unspecified atom stereocenters. The third-order valence-corrected chi connectivity index (χ3v) is 6.49. The van der Waals surface area contributed by atoms with Crippen LogP contribution in [0.5, 0.6) is 5.75 Å². The number of hydrogen-bond donors (Lipinski definition) is 3. The number of carbonyl (C=O) groups excluding carboxylic acids is 1. The van der Waals surface area contributed by atoms with Gasteiger partial charge in [0.1, 0.15) is 5.75 Å². The van der Waals surface area contributed by atoms with Crippen LogP contribution in [0.2, 0.25) is 5.02 Å². The summed E-state index contributed by atoms with van der Waals surface area (Å²) < 4.78 is 28.0. The number of aromatic hydroxyl groups is 1. The second-order valence-corrected chi connectivity index (χ2v) is 9.65. The van der Waals surface area contributed by atoms with Crippen LogP contribution in [0.1, 0.15) is 13.3 Å². The SMILES string of the molecule is CC(=O)Nc1cc(O)c(NS(=O)(=O)CCC[N+]2(C)CCN(C)CC2)cc1Cl. The van der Waals surface area contributed by atoms with E-state index >= 15 is 0 Å². The van der Waals surface area contributed by atoms with Crippen molar-refractivity contribution < 1.29 is 22.8 Å². The first-order valence-electron chi connectivity index (χ1n) is 8.82. The smallest absolute Gasteiger partial charge is 0.233 e. The number of phenolic OH excluding ortho intramolecular Hbond substituents is 1. The van der Waals surface area contributed by atoms with Crippen LogP contribution in [0, 0.1) is 0 Å². The molecule has 0 atom stereocenters. The summed E-state index contributed by atoms with van der Waals surface area (Å²) >= 11 is 6.04. The summed E-state index contributed by atoms with van der Waals surface area (Å²) in [6.45, 7) is 6.12. The fraction of sp³-hybridized carbons (Fsp3) is 0.588. The van der Waals surface area contributed by atoms with Gasteiger partial charge in [0.25, 0.3) is 0 Å². The second kappa shape index (κ2) is 8.64. The maximum absolute atomic E-state index is 12.4.